The molecule has 0 bridgehead atoms. The summed E-state index contributed by atoms with van der Waals surface area (Å²) < 4.78 is 0. The largest absolute Gasteiger partial charge is 0.480 e. The van der Waals surface area contributed by atoms with Crippen molar-refractivity contribution in [1.29, 1.82) is 0 Å². The van der Waals surface area contributed by atoms with Gasteiger partial charge in [-0.1, -0.05) is 60.7 Å². The van der Waals surface area contributed by atoms with Crippen molar-refractivity contribution in [3.05, 3.63) is 96.1 Å². The van der Waals surface area contributed by atoms with Crippen molar-refractivity contribution < 1.29 is 24.3 Å². The Hall–Kier alpha value is -4.90. The quantitative estimate of drug-likeness (QED) is 0.127. The lowest BCUT2D eigenvalue weighted by Crippen LogP contribution is -2.56. The first-order chi connectivity index (χ1) is 20.7. The smallest absolute Gasteiger partial charge is 0.325 e. The number of rotatable bonds is 16. The molecule has 3 aromatic carbocycles. The summed E-state index contributed by atoms with van der Waals surface area (Å²) in [7, 11) is 0. The van der Waals surface area contributed by atoms with Gasteiger partial charge in [0, 0.05) is 6.42 Å². The van der Waals surface area contributed by atoms with Crippen LogP contribution in [-0.4, -0.2) is 53.5 Å². The number of hydrogen-bond acceptors (Lipinski definition) is 7. The van der Waals surface area contributed by atoms with E-state index in [4.69, 9.17) is 5.73 Å². The molecule has 0 aliphatic heterocycles. The van der Waals surface area contributed by atoms with Crippen LogP contribution in [0.5, 0.6) is 0 Å². The molecule has 3 rings (SSSR count). The SMILES string of the molecule is C[C@@H](NC(=O)[C@@H](Cc1ccccc1)NC(=O)[C@H](CCCCN)NC(=O)Cc1ccc(N=Nc2ccccc2)cc1)C(=O)O. The highest BCUT2D eigenvalue weighted by atomic mass is 16.4. The zero-order chi connectivity index (χ0) is 31.0. The van der Waals surface area contributed by atoms with Crippen LogP contribution in [-0.2, 0) is 32.0 Å². The number of aliphatic carboxylic acids is 1. The van der Waals surface area contributed by atoms with Gasteiger partial charge in [-0.15, -0.1) is 0 Å². The number of nitrogens with two attached hydrogens (primary N) is 1. The normalized spacial score (nSPS) is 13.1. The Morgan fingerprint density at radius 3 is 1.91 bits per heavy atom. The molecule has 0 aromatic heterocycles. The lowest BCUT2D eigenvalue weighted by molar-refractivity contribution is -0.141. The van der Waals surface area contributed by atoms with Crippen LogP contribution >= 0.6 is 0 Å². The molecule has 0 unspecified atom stereocenters. The van der Waals surface area contributed by atoms with Gasteiger partial charge in [-0.25, -0.2) is 0 Å². The third-order valence-electron chi connectivity index (χ3n) is 6.58. The number of unbranched alkanes of at least 4 members (excludes halogenated alkanes) is 1. The summed E-state index contributed by atoms with van der Waals surface area (Å²) in [5.74, 6) is -2.74. The second kappa shape index (κ2) is 17.1. The van der Waals surface area contributed by atoms with Gasteiger partial charge in [0.15, 0.2) is 0 Å². The molecule has 3 atom stereocenters. The molecule has 0 fully saturated rings. The number of azo groups is 1. The highest BCUT2D eigenvalue weighted by Crippen LogP contribution is 2.18. The molecule has 226 valence electrons. The van der Waals surface area contributed by atoms with Gasteiger partial charge in [-0.2, -0.15) is 10.2 Å². The predicted octanol–water partition coefficient (Wildman–Crippen LogP) is 3.58. The van der Waals surface area contributed by atoms with Crippen LogP contribution < -0.4 is 21.7 Å². The van der Waals surface area contributed by atoms with Gasteiger partial charge in [0.25, 0.3) is 0 Å². The van der Waals surface area contributed by atoms with E-state index in [-0.39, 0.29) is 18.7 Å². The Balaban J connectivity index is 1.67. The number of nitrogens with one attached hydrogen (secondary N) is 3. The van der Waals surface area contributed by atoms with Crippen molar-refractivity contribution >= 4 is 35.1 Å². The van der Waals surface area contributed by atoms with Crippen molar-refractivity contribution in [3.8, 4) is 0 Å². The van der Waals surface area contributed by atoms with E-state index >= 15 is 0 Å². The lowest BCUT2D eigenvalue weighted by Gasteiger charge is -2.24. The van der Waals surface area contributed by atoms with E-state index in [1.165, 1.54) is 6.92 Å². The first-order valence-corrected chi connectivity index (χ1v) is 14.2. The summed E-state index contributed by atoms with van der Waals surface area (Å²) in [6.07, 6.45) is 1.73. The number of hydrogen-bond donors (Lipinski definition) is 5. The van der Waals surface area contributed by atoms with Gasteiger partial charge >= 0.3 is 5.97 Å². The zero-order valence-electron chi connectivity index (χ0n) is 24.1. The lowest BCUT2D eigenvalue weighted by atomic mass is 10.0. The molecule has 11 heteroatoms. The third kappa shape index (κ3) is 11.5. The molecule has 0 radical (unpaired) electrons. The summed E-state index contributed by atoms with van der Waals surface area (Å²) in [6, 6.07) is 22.3. The fourth-order valence-electron chi connectivity index (χ4n) is 4.19. The van der Waals surface area contributed by atoms with Crippen LogP contribution in [0.1, 0.15) is 37.3 Å². The molecule has 3 amide bonds. The highest BCUT2D eigenvalue weighted by molar-refractivity contribution is 5.93. The van der Waals surface area contributed by atoms with Crippen molar-refractivity contribution in [1.82, 2.24) is 16.0 Å². The van der Waals surface area contributed by atoms with Gasteiger partial charge in [0.2, 0.25) is 17.7 Å². The molecule has 0 spiro atoms. The van der Waals surface area contributed by atoms with Gasteiger partial charge in [0.05, 0.1) is 17.8 Å². The predicted molar refractivity (Wildman–Crippen MR) is 163 cm³/mol. The minimum Gasteiger partial charge on any atom is -0.480 e. The summed E-state index contributed by atoms with van der Waals surface area (Å²) in [5, 5.41) is 25.6. The van der Waals surface area contributed by atoms with Crippen molar-refractivity contribution in [2.75, 3.05) is 6.54 Å². The number of carboxylic acids is 1. The Labute approximate surface area is 251 Å². The molecule has 0 saturated heterocycles. The van der Waals surface area contributed by atoms with E-state index in [1.807, 2.05) is 48.5 Å². The molecule has 3 aromatic rings. The van der Waals surface area contributed by atoms with Crippen LogP contribution in [0.2, 0.25) is 0 Å². The van der Waals surface area contributed by atoms with Crippen LogP contribution in [0.4, 0.5) is 11.4 Å². The molecule has 0 heterocycles. The highest BCUT2D eigenvalue weighted by Gasteiger charge is 2.28. The second-order valence-electron chi connectivity index (χ2n) is 10.1. The van der Waals surface area contributed by atoms with Gasteiger partial charge < -0.3 is 26.8 Å². The van der Waals surface area contributed by atoms with E-state index in [0.717, 1.165) is 16.8 Å². The van der Waals surface area contributed by atoms with E-state index in [9.17, 15) is 24.3 Å². The molecule has 6 N–H and O–H groups in total. The number of carbonyl (C=O) groups is 4. The van der Waals surface area contributed by atoms with Crippen molar-refractivity contribution in [2.45, 2.75) is 57.2 Å². The number of benzene rings is 3. The average molecular weight is 587 g/mol. The minimum absolute atomic E-state index is 0.0286. The summed E-state index contributed by atoms with van der Waals surface area (Å²) in [5.41, 5.74) is 8.50. The van der Waals surface area contributed by atoms with Gasteiger partial charge in [-0.3, -0.25) is 19.2 Å². The number of nitrogens with zero attached hydrogens (tertiary/aromatic N) is 2. The monoisotopic (exact) mass is 586 g/mol. The molecular formula is C32H38N6O5. The topological polar surface area (TPSA) is 175 Å². The summed E-state index contributed by atoms with van der Waals surface area (Å²) >= 11 is 0. The van der Waals surface area contributed by atoms with Crippen LogP contribution in [0.3, 0.4) is 0 Å². The fourth-order valence-corrected chi connectivity index (χ4v) is 4.19. The van der Waals surface area contributed by atoms with Crippen LogP contribution in [0, 0.1) is 0 Å². The standard InChI is InChI=1S/C32H38N6O5/c1-22(32(42)43)34-31(41)28(20-23-10-4-2-5-11-23)36-30(40)27(14-8-9-19-33)35-29(39)21-24-15-17-26(18-16-24)38-37-25-12-6-3-7-13-25/h2-7,10-13,15-18,22,27-28H,8-9,14,19-21,33H2,1H3,(H,34,41)(H,35,39)(H,36,40)(H,42,43)/t22-,27+,28-/m1/s1. The molecule has 0 aliphatic rings. The molecule has 43 heavy (non-hydrogen) atoms. The number of amides is 3. The first-order valence-electron chi connectivity index (χ1n) is 14.2. The van der Waals surface area contributed by atoms with Crippen LogP contribution in [0.25, 0.3) is 0 Å². The second-order valence-corrected chi connectivity index (χ2v) is 10.1. The third-order valence-corrected chi connectivity index (χ3v) is 6.58. The number of carbonyl (C=O) groups excluding carboxylic acids is 3. The van der Waals surface area contributed by atoms with Crippen molar-refractivity contribution in [3.63, 3.8) is 0 Å². The first kappa shape index (κ1) is 32.6. The maximum absolute atomic E-state index is 13.4. The number of carboxylic acid groups (broad SMARTS) is 1. The maximum atomic E-state index is 13.4. The zero-order valence-corrected chi connectivity index (χ0v) is 24.1. The van der Waals surface area contributed by atoms with Gasteiger partial charge in [0.1, 0.15) is 18.1 Å². The van der Waals surface area contributed by atoms with Gasteiger partial charge in [-0.05, 0) is 68.1 Å². The minimum atomic E-state index is -1.20. The Bertz CT molecular complexity index is 1370. The van der Waals surface area contributed by atoms with E-state index < -0.39 is 35.9 Å². The Morgan fingerprint density at radius 1 is 0.721 bits per heavy atom. The van der Waals surface area contributed by atoms with E-state index in [2.05, 4.69) is 26.2 Å². The van der Waals surface area contributed by atoms with Crippen molar-refractivity contribution in [2.24, 2.45) is 16.0 Å². The molecular weight excluding hydrogens is 548 g/mol. The van der Waals surface area contributed by atoms with E-state index in [1.54, 1.807) is 36.4 Å². The van der Waals surface area contributed by atoms with E-state index in [0.29, 0.717) is 31.5 Å². The maximum Gasteiger partial charge on any atom is 0.325 e. The Kier molecular flexibility index (Phi) is 13.0. The summed E-state index contributed by atoms with van der Waals surface area (Å²) in [4.78, 5) is 50.7. The Morgan fingerprint density at radius 2 is 1.30 bits per heavy atom. The average Bonchev–Trinajstić information content (AvgIpc) is 3.00. The molecule has 0 saturated carbocycles. The molecule has 11 nitrogen and oxygen atoms in total. The molecule has 0 aliphatic carbocycles. The fraction of sp³-hybridized carbons (Fsp3) is 0.312. The summed E-state index contributed by atoms with van der Waals surface area (Å²) in [6.45, 7) is 1.78. The van der Waals surface area contributed by atoms with Crippen LogP contribution in [0.15, 0.2) is 95.2 Å².